The van der Waals surface area contributed by atoms with Gasteiger partial charge in [0.15, 0.2) is 0 Å². The second-order valence-corrected chi connectivity index (χ2v) is 8.79. The first-order valence-corrected chi connectivity index (χ1v) is 11.0. The van der Waals surface area contributed by atoms with E-state index in [0.29, 0.717) is 12.4 Å². The Kier molecular flexibility index (Phi) is 6.59. The van der Waals surface area contributed by atoms with Crippen molar-refractivity contribution in [2.75, 3.05) is 6.61 Å². The van der Waals surface area contributed by atoms with Gasteiger partial charge in [-0.25, -0.2) is 8.42 Å². The molecule has 1 aliphatic carbocycles. The first-order chi connectivity index (χ1) is 13.4. The summed E-state index contributed by atoms with van der Waals surface area (Å²) in [6, 6.07) is 12.8. The summed E-state index contributed by atoms with van der Waals surface area (Å²) in [5.41, 5.74) is 0.867. The van der Waals surface area contributed by atoms with Crippen LogP contribution in [-0.4, -0.2) is 33.0 Å². The summed E-state index contributed by atoms with van der Waals surface area (Å²) in [4.78, 5) is 12.6. The van der Waals surface area contributed by atoms with E-state index in [1.807, 2.05) is 37.3 Å². The summed E-state index contributed by atoms with van der Waals surface area (Å²) in [6.45, 7) is 2.24. The maximum absolute atomic E-state index is 12.9. The summed E-state index contributed by atoms with van der Waals surface area (Å²) < 4.78 is 33.6. The molecule has 2 N–H and O–H groups in total. The van der Waals surface area contributed by atoms with Crippen molar-refractivity contribution in [3.05, 3.63) is 59.1 Å². The van der Waals surface area contributed by atoms with Gasteiger partial charge in [-0.3, -0.25) is 4.79 Å². The van der Waals surface area contributed by atoms with Gasteiger partial charge < -0.3 is 10.1 Å². The summed E-state index contributed by atoms with van der Waals surface area (Å²) in [6.07, 6.45) is 2.10. The molecule has 0 spiro atoms. The van der Waals surface area contributed by atoms with Crippen LogP contribution in [0.25, 0.3) is 0 Å². The van der Waals surface area contributed by atoms with E-state index in [0.717, 1.165) is 18.4 Å². The number of hydrogen-bond acceptors (Lipinski definition) is 4. The number of ether oxygens (including phenoxy) is 1. The van der Waals surface area contributed by atoms with Crippen LogP contribution in [0.3, 0.4) is 0 Å². The van der Waals surface area contributed by atoms with Crippen LogP contribution in [0.4, 0.5) is 0 Å². The molecule has 1 saturated carbocycles. The third-order valence-corrected chi connectivity index (χ3v) is 6.10. The molecule has 28 heavy (non-hydrogen) atoms. The molecule has 1 atom stereocenters. The Hall–Kier alpha value is -2.09. The van der Waals surface area contributed by atoms with E-state index in [-0.39, 0.29) is 28.3 Å². The van der Waals surface area contributed by atoms with Crippen LogP contribution in [0.5, 0.6) is 5.75 Å². The lowest BCUT2D eigenvalue weighted by molar-refractivity contribution is -0.122. The number of sulfonamides is 1. The van der Waals surface area contributed by atoms with E-state index in [1.54, 1.807) is 0 Å². The Bertz CT molecular complexity index is 930. The lowest BCUT2D eigenvalue weighted by atomic mass is 10.1. The minimum atomic E-state index is -3.95. The molecule has 0 aliphatic heterocycles. The number of nitrogens with one attached hydrogen (secondary N) is 2. The molecule has 0 heterocycles. The van der Waals surface area contributed by atoms with Gasteiger partial charge in [-0.05, 0) is 49.9 Å². The van der Waals surface area contributed by atoms with Crippen LogP contribution in [-0.2, 0) is 21.2 Å². The quantitative estimate of drug-likeness (QED) is 0.650. The highest BCUT2D eigenvalue weighted by molar-refractivity contribution is 7.89. The molecule has 0 aromatic heterocycles. The number of rotatable bonds is 9. The fraction of sp³-hybridized carbons (Fsp3) is 0.350. The molecule has 2 aromatic rings. The SMILES string of the molecule is CCOc1ccc(S(=O)(=O)N[C@@H](Cc2ccccc2)C(=O)NC2CC2)cc1Cl. The standard InChI is InChI=1S/C20H23ClN2O4S/c1-2-27-19-11-10-16(13-17(19)21)28(25,26)23-18(20(24)22-15-8-9-15)12-14-6-4-3-5-7-14/h3-7,10-11,13,15,18,23H,2,8-9,12H2,1H3,(H,22,24)/t18-/m0/s1. The van der Waals surface area contributed by atoms with Gasteiger partial charge in [0, 0.05) is 6.04 Å². The first-order valence-electron chi connectivity index (χ1n) is 9.18. The van der Waals surface area contributed by atoms with E-state index in [9.17, 15) is 13.2 Å². The van der Waals surface area contributed by atoms with Crippen molar-refractivity contribution in [1.82, 2.24) is 10.0 Å². The summed E-state index contributed by atoms with van der Waals surface area (Å²) in [5, 5.41) is 3.07. The molecule has 8 heteroatoms. The van der Waals surface area contributed by atoms with Crippen molar-refractivity contribution in [2.45, 2.75) is 43.2 Å². The average molecular weight is 423 g/mol. The van der Waals surface area contributed by atoms with Crippen molar-refractivity contribution in [3.63, 3.8) is 0 Å². The highest BCUT2D eigenvalue weighted by Gasteiger charge is 2.31. The zero-order valence-corrected chi connectivity index (χ0v) is 17.1. The van der Waals surface area contributed by atoms with Gasteiger partial charge in [-0.15, -0.1) is 0 Å². The molecule has 1 aliphatic rings. The second-order valence-electron chi connectivity index (χ2n) is 6.67. The number of hydrogen-bond donors (Lipinski definition) is 2. The van der Waals surface area contributed by atoms with Crippen LogP contribution in [0.15, 0.2) is 53.4 Å². The maximum Gasteiger partial charge on any atom is 0.241 e. The van der Waals surface area contributed by atoms with Crippen LogP contribution in [0, 0.1) is 0 Å². The molecular weight excluding hydrogens is 400 g/mol. The normalized spacial score (nSPS) is 15.1. The zero-order valence-electron chi connectivity index (χ0n) is 15.5. The molecular formula is C20H23ClN2O4S. The van der Waals surface area contributed by atoms with Crippen LogP contribution in [0.2, 0.25) is 5.02 Å². The van der Waals surface area contributed by atoms with E-state index in [1.165, 1.54) is 18.2 Å². The van der Waals surface area contributed by atoms with Gasteiger partial charge in [0.2, 0.25) is 15.9 Å². The summed E-state index contributed by atoms with van der Waals surface area (Å²) in [5.74, 6) is 0.0855. The van der Waals surface area contributed by atoms with E-state index < -0.39 is 16.1 Å². The van der Waals surface area contributed by atoms with Gasteiger partial charge in [0.05, 0.1) is 16.5 Å². The highest BCUT2D eigenvalue weighted by atomic mass is 35.5. The second kappa shape index (κ2) is 8.94. The van der Waals surface area contributed by atoms with Gasteiger partial charge in [-0.2, -0.15) is 4.72 Å². The smallest absolute Gasteiger partial charge is 0.241 e. The Morgan fingerprint density at radius 1 is 1.21 bits per heavy atom. The third kappa shape index (κ3) is 5.47. The Balaban J connectivity index is 1.81. The third-order valence-electron chi connectivity index (χ3n) is 4.33. The van der Waals surface area contributed by atoms with Crippen LogP contribution >= 0.6 is 11.6 Å². The Morgan fingerprint density at radius 3 is 2.54 bits per heavy atom. The number of halogens is 1. The van der Waals surface area contributed by atoms with E-state index >= 15 is 0 Å². The summed E-state index contributed by atoms with van der Waals surface area (Å²) >= 11 is 6.12. The molecule has 0 saturated heterocycles. The fourth-order valence-electron chi connectivity index (χ4n) is 2.74. The van der Waals surface area contributed by atoms with Crippen LogP contribution in [0.1, 0.15) is 25.3 Å². The fourth-order valence-corrected chi connectivity index (χ4v) is 4.26. The molecule has 1 fully saturated rings. The number of amides is 1. The van der Waals surface area contributed by atoms with E-state index in [2.05, 4.69) is 10.0 Å². The van der Waals surface area contributed by atoms with Crippen molar-refractivity contribution < 1.29 is 17.9 Å². The monoisotopic (exact) mass is 422 g/mol. The van der Waals surface area contributed by atoms with Gasteiger partial charge >= 0.3 is 0 Å². The minimum Gasteiger partial charge on any atom is -0.492 e. The lowest BCUT2D eigenvalue weighted by Crippen LogP contribution is -2.48. The number of carbonyl (C=O) groups is 1. The highest BCUT2D eigenvalue weighted by Crippen LogP contribution is 2.27. The van der Waals surface area contributed by atoms with Crippen molar-refractivity contribution in [2.24, 2.45) is 0 Å². The minimum absolute atomic E-state index is 0.0155. The Morgan fingerprint density at radius 2 is 1.93 bits per heavy atom. The summed E-state index contributed by atoms with van der Waals surface area (Å²) in [7, 11) is -3.95. The molecule has 150 valence electrons. The molecule has 0 bridgehead atoms. The molecule has 3 rings (SSSR count). The predicted molar refractivity (Wildman–Crippen MR) is 108 cm³/mol. The first kappa shape index (κ1) is 20.6. The molecule has 0 radical (unpaired) electrons. The lowest BCUT2D eigenvalue weighted by Gasteiger charge is -2.19. The maximum atomic E-state index is 12.9. The van der Waals surface area contributed by atoms with E-state index in [4.69, 9.17) is 16.3 Å². The van der Waals surface area contributed by atoms with Gasteiger partial charge in [0.25, 0.3) is 0 Å². The number of benzene rings is 2. The van der Waals surface area contributed by atoms with Crippen molar-refractivity contribution >= 4 is 27.5 Å². The van der Waals surface area contributed by atoms with Crippen LogP contribution < -0.4 is 14.8 Å². The van der Waals surface area contributed by atoms with Gasteiger partial charge in [-0.1, -0.05) is 41.9 Å². The predicted octanol–water partition coefficient (Wildman–Crippen LogP) is 2.91. The molecule has 2 aromatic carbocycles. The molecule has 6 nitrogen and oxygen atoms in total. The molecule has 0 unspecified atom stereocenters. The van der Waals surface area contributed by atoms with Crippen molar-refractivity contribution in [1.29, 1.82) is 0 Å². The zero-order chi connectivity index (χ0) is 20.1. The number of carbonyl (C=O) groups excluding carboxylic acids is 1. The van der Waals surface area contributed by atoms with Gasteiger partial charge in [0.1, 0.15) is 11.8 Å². The Labute approximate surface area is 170 Å². The van der Waals surface area contributed by atoms with Crippen molar-refractivity contribution in [3.8, 4) is 5.75 Å². The largest absolute Gasteiger partial charge is 0.492 e. The molecule has 1 amide bonds. The topological polar surface area (TPSA) is 84.5 Å². The average Bonchev–Trinajstić information content (AvgIpc) is 3.47.